The molecule has 0 aromatic carbocycles. The van der Waals surface area contributed by atoms with Crippen LogP contribution in [0.2, 0.25) is 0 Å². The van der Waals surface area contributed by atoms with Gasteiger partial charge in [0.05, 0.1) is 17.2 Å². The summed E-state index contributed by atoms with van der Waals surface area (Å²) in [7, 11) is -3.58. The number of hydrogen-bond donors (Lipinski definition) is 1. The van der Waals surface area contributed by atoms with Gasteiger partial charge < -0.3 is 4.42 Å². The maximum Gasteiger partial charge on any atom is 0.213 e. The molecule has 2 saturated carbocycles. The minimum absolute atomic E-state index is 0.0990. The highest BCUT2D eigenvalue weighted by molar-refractivity contribution is 7.89. The molecule has 0 amide bonds. The fourth-order valence-corrected chi connectivity index (χ4v) is 7.17. The molecule has 0 aliphatic heterocycles. The van der Waals surface area contributed by atoms with Gasteiger partial charge in [-0.3, -0.25) is 4.79 Å². The van der Waals surface area contributed by atoms with E-state index in [0.717, 1.165) is 17.1 Å². The van der Waals surface area contributed by atoms with Crippen LogP contribution in [0.15, 0.2) is 34.1 Å². The van der Waals surface area contributed by atoms with Crippen molar-refractivity contribution in [2.75, 3.05) is 5.75 Å². The molecule has 2 heterocycles. The highest BCUT2D eigenvalue weighted by Crippen LogP contribution is 2.64. The quantitative estimate of drug-likeness (QED) is 0.809. The van der Waals surface area contributed by atoms with Crippen LogP contribution in [0.5, 0.6) is 0 Å². The second-order valence-electron chi connectivity index (χ2n) is 7.99. The van der Waals surface area contributed by atoms with E-state index in [2.05, 4.69) is 4.72 Å². The summed E-state index contributed by atoms with van der Waals surface area (Å²) in [5.41, 5.74) is -0.995. The molecule has 1 N–H and O–H groups in total. The monoisotopic (exact) mass is 393 g/mol. The third-order valence-electron chi connectivity index (χ3n) is 6.47. The topological polar surface area (TPSA) is 76.4 Å². The van der Waals surface area contributed by atoms with Crippen LogP contribution < -0.4 is 4.72 Å². The molecule has 140 valence electrons. The Bertz CT molecular complexity index is 927. The van der Waals surface area contributed by atoms with Gasteiger partial charge in [0.1, 0.15) is 17.3 Å². The number of ketones is 1. The molecule has 2 aliphatic rings. The van der Waals surface area contributed by atoms with E-state index in [9.17, 15) is 13.2 Å². The van der Waals surface area contributed by atoms with Gasteiger partial charge in [0.2, 0.25) is 10.0 Å². The number of rotatable bonds is 6. The van der Waals surface area contributed by atoms with Gasteiger partial charge in [0, 0.05) is 11.8 Å². The molecule has 2 aliphatic carbocycles. The first-order chi connectivity index (χ1) is 12.2. The summed E-state index contributed by atoms with van der Waals surface area (Å²) in [6.07, 6.45) is 2.13. The molecular weight excluding hydrogens is 370 g/mol. The molecular formula is C19H23NO4S2. The molecule has 5 nitrogen and oxygen atoms in total. The minimum atomic E-state index is -3.58. The first-order valence-electron chi connectivity index (χ1n) is 8.87. The Morgan fingerprint density at radius 3 is 2.73 bits per heavy atom. The van der Waals surface area contributed by atoms with Crippen molar-refractivity contribution in [1.29, 1.82) is 0 Å². The first-order valence-corrected chi connectivity index (χ1v) is 11.4. The highest BCUT2D eigenvalue weighted by Gasteiger charge is 2.65. The Labute approximate surface area is 157 Å². The van der Waals surface area contributed by atoms with Crippen molar-refractivity contribution in [3.63, 3.8) is 0 Å². The molecule has 2 aromatic rings. The molecule has 0 saturated heterocycles. The number of fused-ring (bicyclic) bond motifs is 2. The molecule has 2 aromatic heterocycles. The number of thiophene rings is 1. The van der Waals surface area contributed by atoms with Crippen molar-refractivity contribution in [2.24, 2.45) is 16.7 Å². The molecule has 4 rings (SSSR count). The summed E-state index contributed by atoms with van der Waals surface area (Å²) < 4.78 is 33.8. The van der Waals surface area contributed by atoms with Gasteiger partial charge in [-0.25, -0.2) is 13.1 Å². The normalized spacial score (nSPS) is 27.3. The van der Waals surface area contributed by atoms with Gasteiger partial charge in [0.15, 0.2) is 0 Å². The Morgan fingerprint density at radius 1 is 1.31 bits per heavy atom. The van der Waals surface area contributed by atoms with E-state index in [1.807, 2.05) is 37.4 Å². The summed E-state index contributed by atoms with van der Waals surface area (Å²) in [5, 5.41) is 1.97. The minimum Gasteiger partial charge on any atom is -0.459 e. The maximum atomic E-state index is 12.7. The Morgan fingerprint density at radius 2 is 2.12 bits per heavy atom. The van der Waals surface area contributed by atoms with Gasteiger partial charge >= 0.3 is 0 Å². The van der Waals surface area contributed by atoms with Crippen LogP contribution in [0.1, 0.15) is 38.9 Å². The van der Waals surface area contributed by atoms with Crippen molar-refractivity contribution in [3.8, 4) is 10.6 Å². The van der Waals surface area contributed by atoms with Crippen molar-refractivity contribution >= 4 is 27.1 Å². The number of sulfonamides is 1. The fraction of sp³-hybridized carbons (Fsp3) is 0.526. The smallest absolute Gasteiger partial charge is 0.213 e. The van der Waals surface area contributed by atoms with Crippen LogP contribution in [-0.2, 0) is 21.4 Å². The second kappa shape index (κ2) is 6.04. The zero-order valence-electron chi connectivity index (χ0n) is 14.9. The van der Waals surface area contributed by atoms with E-state index in [1.165, 1.54) is 0 Å². The summed E-state index contributed by atoms with van der Waals surface area (Å²) in [6, 6.07) is 7.53. The van der Waals surface area contributed by atoms with E-state index in [4.69, 9.17) is 4.42 Å². The van der Waals surface area contributed by atoms with Crippen molar-refractivity contribution in [3.05, 3.63) is 35.4 Å². The van der Waals surface area contributed by atoms with Crippen LogP contribution in [0.3, 0.4) is 0 Å². The fourth-order valence-electron chi connectivity index (χ4n) is 4.69. The first kappa shape index (κ1) is 17.9. The molecule has 2 fully saturated rings. The van der Waals surface area contributed by atoms with Crippen molar-refractivity contribution in [2.45, 2.75) is 39.7 Å². The number of nitrogens with one attached hydrogen (secondary N) is 1. The molecule has 0 radical (unpaired) electrons. The van der Waals surface area contributed by atoms with Gasteiger partial charge in [-0.05, 0) is 47.8 Å². The average molecular weight is 394 g/mol. The standard InChI is InChI=1S/C19H23NO4S2/c1-18(2)13-7-8-19(18,17(21)10-13)12-26(22,23)20-11-14-5-6-15(24-14)16-4-3-9-25-16/h3-6,9,13,20H,7-8,10-12H2,1-2H3. The summed E-state index contributed by atoms with van der Waals surface area (Å²) in [4.78, 5) is 13.6. The molecule has 7 heteroatoms. The Balaban J connectivity index is 1.46. The van der Waals surface area contributed by atoms with E-state index in [1.54, 1.807) is 17.4 Å². The maximum absolute atomic E-state index is 12.7. The van der Waals surface area contributed by atoms with Gasteiger partial charge in [-0.1, -0.05) is 19.9 Å². The van der Waals surface area contributed by atoms with E-state index >= 15 is 0 Å². The molecule has 2 unspecified atom stereocenters. The number of carbonyl (C=O) groups is 1. The predicted molar refractivity (Wildman–Crippen MR) is 101 cm³/mol. The van der Waals surface area contributed by atoms with Gasteiger partial charge in [0.25, 0.3) is 0 Å². The van der Waals surface area contributed by atoms with Crippen molar-refractivity contribution < 1.29 is 17.6 Å². The molecule has 26 heavy (non-hydrogen) atoms. The summed E-state index contributed by atoms with van der Waals surface area (Å²) >= 11 is 1.57. The number of Topliss-reactive ketones (excluding diaryl/α,β-unsaturated/α-hetero) is 1. The Kier molecular flexibility index (Phi) is 4.17. The van der Waals surface area contributed by atoms with Crippen LogP contribution >= 0.6 is 11.3 Å². The van der Waals surface area contributed by atoms with E-state index in [-0.39, 0.29) is 23.5 Å². The van der Waals surface area contributed by atoms with Crippen LogP contribution in [0, 0.1) is 16.7 Å². The van der Waals surface area contributed by atoms with Crippen molar-refractivity contribution in [1.82, 2.24) is 4.72 Å². The third-order valence-corrected chi connectivity index (χ3v) is 8.81. The van der Waals surface area contributed by atoms with Crippen LogP contribution in [0.25, 0.3) is 10.6 Å². The van der Waals surface area contributed by atoms with Gasteiger partial charge in [-0.2, -0.15) is 0 Å². The average Bonchev–Trinajstić information content (AvgIpc) is 3.31. The molecule has 2 bridgehead atoms. The summed E-state index contributed by atoms with van der Waals surface area (Å²) in [6.45, 7) is 4.19. The lowest BCUT2D eigenvalue weighted by Gasteiger charge is -2.36. The summed E-state index contributed by atoms with van der Waals surface area (Å²) in [5.74, 6) is 1.60. The lowest BCUT2D eigenvalue weighted by atomic mass is 9.70. The zero-order valence-corrected chi connectivity index (χ0v) is 16.6. The lowest BCUT2D eigenvalue weighted by Crippen LogP contribution is -2.45. The van der Waals surface area contributed by atoms with Gasteiger partial charge in [-0.15, -0.1) is 11.3 Å². The number of carbonyl (C=O) groups excluding carboxylic acids is 1. The predicted octanol–water partition coefficient (Wildman–Crippen LogP) is 3.82. The van der Waals surface area contributed by atoms with Crippen LogP contribution in [0.4, 0.5) is 0 Å². The van der Waals surface area contributed by atoms with E-state index in [0.29, 0.717) is 24.5 Å². The number of hydrogen-bond acceptors (Lipinski definition) is 5. The third kappa shape index (κ3) is 2.77. The Hall–Kier alpha value is -1.44. The lowest BCUT2D eigenvalue weighted by molar-refractivity contribution is -0.128. The second-order valence-corrected chi connectivity index (χ2v) is 10.7. The van der Waals surface area contributed by atoms with Crippen LogP contribution in [-0.4, -0.2) is 20.0 Å². The van der Waals surface area contributed by atoms with E-state index < -0.39 is 15.4 Å². The zero-order chi connectivity index (χ0) is 18.6. The molecule has 2 atom stereocenters. The largest absolute Gasteiger partial charge is 0.459 e. The number of furan rings is 1. The SMILES string of the molecule is CC1(C)C2CCC1(CS(=O)(=O)NCc1ccc(-c3cccs3)o1)C(=O)C2. The highest BCUT2D eigenvalue weighted by atomic mass is 32.2. The molecule has 0 spiro atoms.